The smallest absolute Gasteiger partial charge is 0.189 e. The number of hydrogen-bond acceptors (Lipinski definition) is 3. The maximum absolute atomic E-state index is 6.22. The fraction of sp³-hybridized carbons (Fsp3) is 0.500. The molecular formula is C16H19NO2. The molecule has 1 aromatic rings. The Hall–Kier alpha value is -1.32. The van der Waals surface area contributed by atoms with Crippen LogP contribution in [0.3, 0.4) is 0 Å². The van der Waals surface area contributed by atoms with Gasteiger partial charge in [-0.15, -0.1) is 0 Å². The molecule has 3 atom stereocenters. The summed E-state index contributed by atoms with van der Waals surface area (Å²) < 4.78 is 11.8. The predicted molar refractivity (Wildman–Crippen MR) is 74.2 cm³/mol. The van der Waals surface area contributed by atoms with Gasteiger partial charge in [0.15, 0.2) is 5.79 Å². The molecule has 1 spiro atoms. The van der Waals surface area contributed by atoms with E-state index in [4.69, 9.17) is 9.47 Å². The molecule has 100 valence electrons. The quantitative estimate of drug-likeness (QED) is 0.760. The van der Waals surface area contributed by atoms with E-state index in [2.05, 4.69) is 48.2 Å². The topological polar surface area (TPSA) is 21.7 Å². The van der Waals surface area contributed by atoms with E-state index in [1.807, 2.05) is 0 Å². The summed E-state index contributed by atoms with van der Waals surface area (Å²) in [5.41, 5.74) is 2.47. The van der Waals surface area contributed by atoms with Crippen molar-refractivity contribution >= 4 is 5.69 Å². The van der Waals surface area contributed by atoms with Crippen LogP contribution in [0.25, 0.3) is 0 Å². The van der Waals surface area contributed by atoms with Crippen molar-refractivity contribution in [2.45, 2.75) is 24.7 Å². The molecule has 0 saturated carbocycles. The van der Waals surface area contributed by atoms with Crippen LogP contribution in [0.5, 0.6) is 0 Å². The molecule has 19 heavy (non-hydrogen) atoms. The van der Waals surface area contributed by atoms with Crippen molar-refractivity contribution in [1.29, 1.82) is 0 Å². The lowest BCUT2D eigenvalue weighted by molar-refractivity contribution is -0.179. The van der Waals surface area contributed by atoms with Crippen molar-refractivity contribution in [2.24, 2.45) is 5.92 Å². The van der Waals surface area contributed by atoms with E-state index < -0.39 is 5.79 Å². The zero-order valence-electron chi connectivity index (χ0n) is 11.4. The monoisotopic (exact) mass is 257 g/mol. The predicted octanol–water partition coefficient (Wildman–Crippen LogP) is 2.50. The van der Waals surface area contributed by atoms with E-state index in [-0.39, 0.29) is 5.60 Å². The van der Waals surface area contributed by atoms with Gasteiger partial charge in [0, 0.05) is 31.7 Å². The van der Waals surface area contributed by atoms with Crippen LogP contribution < -0.4 is 4.90 Å². The molecule has 3 heterocycles. The van der Waals surface area contributed by atoms with E-state index in [0.717, 1.165) is 19.5 Å². The number of benzene rings is 1. The van der Waals surface area contributed by atoms with Gasteiger partial charge < -0.3 is 14.4 Å². The van der Waals surface area contributed by atoms with Crippen LogP contribution in [0.15, 0.2) is 36.4 Å². The van der Waals surface area contributed by atoms with Crippen LogP contribution in [-0.2, 0) is 9.47 Å². The van der Waals surface area contributed by atoms with Gasteiger partial charge in [0.25, 0.3) is 0 Å². The third kappa shape index (κ3) is 1.52. The van der Waals surface area contributed by atoms with Crippen LogP contribution in [0.4, 0.5) is 5.69 Å². The molecule has 3 aliphatic rings. The lowest BCUT2D eigenvalue weighted by Gasteiger charge is -2.26. The number of anilines is 1. The lowest BCUT2D eigenvalue weighted by Crippen LogP contribution is -2.34. The molecule has 3 aliphatic heterocycles. The molecule has 2 saturated heterocycles. The Labute approximate surface area is 113 Å². The maximum atomic E-state index is 6.22. The first-order valence-corrected chi connectivity index (χ1v) is 6.92. The second-order valence-corrected chi connectivity index (χ2v) is 6.02. The fourth-order valence-electron chi connectivity index (χ4n) is 3.71. The summed E-state index contributed by atoms with van der Waals surface area (Å²) >= 11 is 0. The molecule has 1 aromatic carbocycles. The normalized spacial score (nSPS) is 39.1. The van der Waals surface area contributed by atoms with Gasteiger partial charge in [-0.3, -0.25) is 0 Å². The van der Waals surface area contributed by atoms with Crippen LogP contribution >= 0.6 is 0 Å². The highest BCUT2D eigenvalue weighted by atomic mass is 16.7. The van der Waals surface area contributed by atoms with Gasteiger partial charge in [-0.2, -0.15) is 0 Å². The molecule has 2 bridgehead atoms. The molecule has 3 nitrogen and oxygen atoms in total. The van der Waals surface area contributed by atoms with Crippen LogP contribution in [0.2, 0.25) is 0 Å². The summed E-state index contributed by atoms with van der Waals surface area (Å²) in [6, 6.07) is 8.75. The SMILES string of the molecule is COC12C=CC3(CN(c4ccc(C)cc4)CC3C1)O2. The van der Waals surface area contributed by atoms with Crippen molar-refractivity contribution in [3.05, 3.63) is 42.0 Å². The van der Waals surface area contributed by atoms with Crippen molar-refractivity contribution in [3.63, 3.8) is 0 Å². The number of hydrogen-bond donors (Lipinski definition) is 0. The number of aryl methyl sites for hydroxylation is 1. The maximum Gasteiger partial charge on any atom is 0.189 e. The van der Waals surface area contributed by atoms with Gasteiger partial charge in [0.1, 0.15) is 5.60 Å². The van der Waals surface area contributed by atoms with E-state index in [1.165, 1.54) is 11.3 Å². The summed E-state index contributed by atoms with van der Waals surface area (Å²) in [5.74, 6) is 0.100. The zero-order chi connectivity index (χ0) is 13.1. The number of rotatable bonds is 2. The molecule has 4 rings (SSSR count). The lowest BCUT2D eigenvalue weighted by atomic mass is 9.85. The fourth-order valence-corrected chi connectivity index (χ4v) is 3.71. The summed E-state index contributed by atoms with van der Waals surface area (Å²) in [5, 5.41) is 0. The Morgan fingerprint density at radius 2 is 2.05 bits per heavy atom. The molecule has 3 heteroatoms. The van der Waals surface area contributed by atoms with Gasteiger partial charge in [-0.1, -0.05) is 17.7 Å². The highest BCUT2D eigenvalue weighted by molar-refractivity contribution is 5.51. The third-order valence-electron chi connectivity index (χ3n) is 4.83. The first kappa shape index (κ1) is 11.5. The third-order valence-corrected chi connectivity index (χ3v) is 4.83. The van der Waals surface area contributed by atoms with E-state index in [1.54, 1.807) is 7.11 Å². The Kier molecular flexibility index (Phi) is 2.19. The molecule has 2 fully saturated rings. The summed E-state index contributed by atoms with van der Waals surface area (Å²) in [6.45, 7) is 4.11. The van der Waals surface area contributed by atoms with Crippen LogP contribution in [-0.4, -0.2) is 31.6 Å². The first-order chi connectivity index (χ1) is 9.15. The van der Waals surface area contributed by atoms with Gasteiger partial charge in [-0.05, 0) is 31.2 Å². The highest BCUT2D eigenvalue weighted by Gasteiger charge is 2.62. The average molecular weight is 257 g/mol. The Bertz CT molecular complexity index is 538. The largest absolute Gasteiger partial charge is 0.368 e. The molecule has 0 N–H and O–H groups in total. The van der Waals surface area contributed by atoms with Crippen LogP contribution in [0, 0.1) is 12.8 Å². The second kappa shape index (κ2) is 3.62. The number of nitrogens with zero attached hydrogens (tertiary/aromatic N) is 1. The Morgan fingerprint density at radius 1 is 1.26 bits per heavy atom. The molecule has 0 radical (unpaired) electrons. The summed E-state index contributed by atoms with van der Waals surface area (Å²) in [4.78, 5) is 2.43. The minimum atomic E-state index is -0.440. The number of fused-ring (bicyclic) bond motifs is 1. The highest BCUT2D eigenvalue weighted by Crippen LogP contribution is 2.53. The zero-order valence-corrected chi connectivity index (χ0v) is 11.4. The van der Waals surface area contributed by atoms with E-state index in [0.29, 0.717) is 5.92 Å². The van der Waals surface area contributed by atoms with E-state index >= 15 is 0 Å². The molecule has 0 aliphatic carbocycles. The average Bonchev–Trinajstić information content (AvgIpc) is 3.03. The number of ether oxygens (including phenoxy) is 2. The standard InChI is InChI=1S/C16H19NO2/c1-12-3-5-14(6-4-12)17-10-13-9-16(18-2)8-7-15(13,11-17)19-16/h3-8,13H,9-11H2,1-2H3. The molecule has 3 unspecified atom stereocenters. The second-order valence-electron chi connectivity index (χ2n) is 6.02. The van der Waals surface area contributed by atoms with Crippen molar-refractivity contribution in [2.75, 3.05) is 25.1 Å². The molecule has 0 amide bonds. The number of methoxy groups -OCH3 is 1. The minimum Gasteiger partial charge on any atom is -0.368 e. The summed E-state index contributed by atoms with van der Waals surface area (Å²) in [7, 11) is 1.74. The first-order valence-electron chi connectivity index (χ1n) is 6.92. The van der Waals surface area contributed by atoms with Crippen molar-refractivity contribution in [3.8, 4) is 0 Å². The molecular weight excluding hydrogens is 238 g/mol. The Morgan fingerprint density at radius 3 is 2.74 bits per heavy atom. The van der Waals surface area contributed by atoms with Gasteiger partial charge >= 0.3 is 0 Å². The molecule has 0 aromatic heterocycles. The Balaban J connectivity index is 1.60. The van der Waals surface area contributed by atoms with Crippen molar-refractivity contribution in [1.82, 2.24) is 0 Å². The van der Waals surface area contributed by atoms with Gasteiger partial charge in [0.2, 0.25) is 0 Å². The van der Waals surface area contributed by atoms with Crippen molar-refractivity contribution < 1.29 is 9.47 Å². The van der Waals surface area contributed by atoms with Gasteiger partial charge in [0.05, 0.1) is 6.54 Å². The van der Waals surface area contributed by atoms with Crippen LogP contribution in [0.1, 0.15) is 12.0 Å². The summed E-state index contributed by atoms with van der Waals surface area (Å²) in [6.07, 6.45) is 5.29. The van der Waals surface area contributed by atoms with E-state index in [9.17, 15) is 0 Å². The minimum absolute atomic E-state index is 0.124. The van der Waals surface area contributed by atoms with Gasteiger partial charge in [-0.25, -0.2) is 0 Å².